The fourth-order valence-corrected chi connectivity index (χ4v) is 2.43. The predicted octanol–water partition coefficient (Wildman–Crippen LogP) is 2.24. The number of nitrogens with one attached hydrogen (secondary N) is 1. The van der Waals surface area contributed by atoms with Crippen LogP contribution in [0.3, 0.4) is 0 Å². The zero-order valence-electron chi connectivity index (χ0n) is 11.6. The number of aliphatic hydroxyl groups is 1. The second kappa shape index (κ2) is 6.06. The first kappa shape index (κ1) is 13.9. The quantitative estimate of drug-likeness (QED) is 0.878. The van der Waals surface area contributed by atoms with Crippen LogP contribution in [0.4, 0.5) is 11.4 Å². The Morgan fingerprint density at radius 2 is 1.74 bits per heavy atom. The van der Waals surface area contributed by atoms with Crippen LogP contribution in [0.15, 0.2) is 24.3 Å². The summed E-state index contributed by atoms with van der Waals surface area (Å²) in [4.78, 5) is 14.1. The van der Waals surface area contributed by atoms with Crippen molar-refractivity contribution in [1.29, 1.82) is 0 Å². The Morgan fingerprint density at radius 3 is 2.26 bits per heavy atom. The van der Waals surface area contributed by atoms with Gasteiger partial charge in [-0.25, -0.2) is 0 Å². The maximum absolute atomic E-state index is 12.1. The van der Waals surface area contributed by atoms with Crippen molar-refractivity contribution in [3.8, 4) is 0 Å². The second-order valence-electron chi connectivity index (χ2n) is 5.44. The van der Waals surface area contributed by atoms with Crippen LogP contribution in [-0.2, 0) is 4.79 Å². The van der Waals surface area contributed by atoms with Gasteiger partial charge in [0.2, 0.25) is 5.91 Å². The molecule has 0 bridgehead atoms. The molecule has 1 aliphatic rings. The summed E-state index contributed by atoms with van der Waals surface area (Å²) in [5, 5.41) is 12.4. The van der Waals surface area contributed by atoms with Gasteiger partial charge in [-0.2, -0.15) is 0 Å². The summed E-state index contributed by atoms with van der Waals surface area (Å²) in [6, 6.07) is 7.82. The Labute approximate surface area is 114 Å². The van der Waals surface area contributed by atoms with Crippen molar-refractivity contribution in [2.24, 2.45) is 5.92 Å². The standard InChI is InChI=1S/C15H22N2O2/c1-17(2)13-7-5-12(6-8-13)16-15(19)11-3-9-14(18)10-4-11/h5-8,11,14,18H,3-4,9-10H2,1-2H3,(H,16,19). The lowest BCUT2D eigenvalue weighted by atomic mass is 9.87. The van der Waals surface area contributed by atoms with Gasteiger partial charge in [0.25, 0.3) is 0 Å². The third-order valence-corrected chi connectivity index (χ3v) is 3.72. The second-order valence-corrected chi connectivity index (χ2v) is 5.44. The molecule has 2 N–H and O–H groups in total. The van der Waals surface area contributed by atoms with E-state index in [9.17, 15) is 9.90 Å². The van der Waals surface area contributed by atoms with E-state index >= 15 is 0 Å². The molecule has 1 aromatic rings. The van der Waals surface area contributed by atoms with Gasteiger partial charge in [0, 0.05) is 31.4 Å². The number of carbonyl (C=O) groups excluding carboxylic acids is 1. The number of benzene rings is 1. The smallest absolute Gasteiger partial charge is 0.227 e. The topological polar surface area (TPSA) is 52.6 Å². The van der Waals surface area contributed by atoms with Gasteiger partial charge in [-0.1, -0.05) is 0 Å². The molecule has 1 fully saturated rings. The highest BCUT2D eigenvalue weighted by atomic mass is 16.3. The summed E-state index contributed by atoms with van der Waals surface area (Å²) in [6.45, 7) is 0. The Morgan fingerprint density at radius 1 is 1.16 bits per heavy atom. The summed E-state index contributed by atoms with van der Waals surface area (Å²) in [5.41, 5.74) is 1.94. The van der Waals surface area contributed by atoms with Crippen molar-refractivity contribution in [2.75, 3.05) is 24.3 Å². The van der Waals surface area contributed by atoms with E-state index in [4.69, 9.17) is 0 Å². The van der Waals surface area contributed by atoms with Crippen LogP contribution in [0.2, 0.25) is 0 Å². The summed E-state index contributed by atoms with van der Waals surface area (Å²) >= 11 is 0. The molecule has 2 rings (SSSR count). The molecule has 4 nitrogen and oxygen atoms in total. The van der Waals surface area contributed by atoms with Gasteiger partial charge in [0.1, 0.15) is 0 Å². The molecule has 0 unspecified atom stereocenters. The molecule has 1 aliphatic carbocycles. The molecule has 19 heavy (non-hydrogen) atoms. The van der Waals surface area contributed by atoms with Gasteiger partial charge >= 0.3 is 0 Å². The van der Waals surface area contributed by atoms with Crippen molar-refractivity contribution in [3.05, 3.63) is 24.3 Å². The van der Waals surface area contributed by atoms with Gasteiger partial charge in [0.05, 0.1) is 6.10 Å². The van der Waals surface area contributed by atoms with E-state index in [2.05, 4.69) is 5.32 Å². The highest BCUT2D eigenvalue weighted by molar-refractivity contribution is 5.92. The number of amides is 1. The van der Waals surface area contributed by atoms with Gasteiger partial charge in [0.15, 0.2) is 0 Å². The summed E-state index contributed by atoms with van der Waals surface area (Å²) in [7, 11) is 3.97. The number of hydrogen-bond acceptors (Lipinski definition) is 3. The average Bonchev–Trinajstić information content (AvgIpc) is 2.40. The third kappa shape index (κ3) is 3.70. The molecule has 0 heterocycles. The van der Waals surface area contributed by atoms with Crippen LogP contribution in [0.5, 0.6) is 0 Å². The van der Waals surface area contributed by atoms with Crippen molar-refractivity contribution in [2.45, 2.75) is 31.8 Å². The lowest BCUT2D eigenvalue weighted by Gasteiger charge is -2.24. The maximum atomic E-state index is 12.1. The fraction of sp³-hybridized carbons (Fsp3) is 0.533. The van der Waals surface area contributed by atoms with Gasteiger partial charge in [-0.15, -0.1) is 0 Å². The van der Waals surface area contributed by atoms with Crippen LogP contribution in [-0.4, -0.2) is 31.2 Å². The van der Waals surface area contributed by atoms with Crippen molar-refractivity contribution in [3.63, 3.8) is 0 Å². The number of carbonyl (C=O) groups is 1. The van der Waals surface area contributed by atoms with E-state index < -0.39 is 0 Å². The highest BCUT2D eigenvalue weighted by Gasteiger charge is 2.25. The number of anilines is 2. The molecule has 0 spiro atoms. The zero-order chi connectivity index (χ0) is 13.8. The van der Waals surface area contributed by atoms with E-state index in [-0.39, 0.29) is 17.9 Å². The van der Waals surface area contributed by atoms with Crippen molar-refractivity contribution in [1.82, 2.24) is 0 Å². The molecule has 104 valence electrons. The van der Waals surface area contributed by atoms with E-state index in [1.807, 2.05) is 43.3 Å². The lowest BCUT2D eigenvalue weighted by Crippen LogP contribution is -2.28. The molecule has 0 aromatic heterocycles. The molecule has 0 radical (unpaired) electrons. The van der Waals surface area contributed by atoms with Crippen LogP contribution in [0.25, 0.3) is 0 Å². The molecular weight excluding hydrogens is 240 g/mol. The molecule has 0 atom stereocenters. The lowest BCUT2D eigenvalue weighted by molar-refractivity contribution is -0.121. The largest absolute Gasteiger partial charge is 0.393 e. The predicted molar refractivity (Wildman–Crippen MR) is 77.4 cm³/mol. The maximum Gasteiger partial charge on any atom is 0.227 e. The monoisotopic (exact) mass is 262 g/mol. The summed E-state index contributed by atoms with van der Waals surface area (Å²) in [6.07, 6.45) is 2.81. The minimum atomic E-state index is -0.219. The van der Waals surface area contributed by atoms with Gasteiger partial charge < -0.3 is 15.3 Å². The summed E-state index contributed by atoms with van der Waals surface area (Å²) in [5.74, 6) is 0.112. The molecular formula is C15H22N2O2. The summed E-state index contributed by atoms with van der Waals surface area (Å²) < 4.78 is 0. The number of nitrogens with zero attached hydrogens (tertiary/aromatic N) is 1. The molecule has 1 amide bonds. The van der Waals surface area contributed by atoms with E-state index in [0.717, 1.165) is 37.1 Å². The Hall–Kier alpha value is -1.55. The van der Waals surface area contributed by atoms with Crippen LogP contribution < -0.4 is 10.2 Å². The van der Waals surface area contributed by atoms with Crippen LogP contribution >= 0.6 is 0 Å². The number of rotatable bonds is 3. The Kier molecular flexibility index (Phi) is 4.43. The van der Waals surface area contributed by atoms with Crippen molar-refractivity contribution < 1.29 is 9.90 Å². The van der Waals surface area contributed by atoms with E-state index in [1.54, 1.807) is 0 Å². The SMILES string of the molecule is CN(C)c1ccc(NC(=O)C2CCC(O)CC2)cc1. The molecule has 1 aromatic carbocycles. The minimum Gasteiger partial charge on any atom is -0.393 e. The Balaban J connectivity index is 1.91. The highest BCUT2D eigenvalue weighted by Crippen LogP contribution is 2.25. The van der Waals surface area contributed by atoms with E-state index in [1.165, 1.54) is 0 Å². The first-order valence-electron chi connectivity index (χ1n) is 6.82. The number of hydrogen-bond donors (Lipinski definition) is 2. The van der Waals surface area contributed by atoms with Gasteiger partial charge in [-0.3, -0.25) is 4.79 Å². The Bertz CT molecular complexity index is 420. The molecule has 0 saturated heterocycles. The van der Waals surface area contributed by atoms with Crippen LogP contribution in [0, 0.1) is 5.92 Å². The fourth-order valence-electron chi connectivity index (χ4n) is 2.43. The minimum absolute atomic E-state index is 0.0388. The number of aliphatic hydroxyl groups excluding tert-OH is 1. The molecule has 0 aliphatic heterocycles. The first-order chi connectivity index (χ1) is 9.06. The molecule has 4 heteroatoms. The van der Waals surface area contributed by atoms with Gasteiger partial charge in [-0.05, 0) is 49.9 Å². The zero-order valence-corrected chi connectivity index (χ0v) is 11.6. The third-order valence-electron chi connectivity index (χ3n) is 3.72. The normalized spacial score (nSPS) is 22.9. The van der Waals surface area contributed by atoms with Crippen LogP contribution in [0.1, 0.15) is 25.7 Å². The molecule has 1 saturated carbocycles. The van der Waals surface area contributed by atoms with Crippen molar-refractivity contribution >= 4 is 17.3 Å². The average molecular weight is 262 g/mol. The first-order valence-corrected chi connectivity index (χ1v) is 6.82. The van der Waals surface area contributed by atoms with E-state index in [0.29, 0.717) is 0 Å².